The topological polar surface area (TPSA) is 29.8 Å². The molecule has 118 valence electrons. The van der Waals surface area contributed by atoms with Crippen LogP contribution in [0.4, 0.5) is 0 Å². The molecule has 2 N–H and O–H groups in total. The van der Waals surface area contributed by atoms with E-state index in [1.54, 1.807) is 6.26 Å². The van der Waals surface area contributed by atoms with Gasteiger partial charge in [-0.15, -0.1) is 0 Å². The molecule has 0 radical (unpaired) electrons. The molecular weight excluding hydrogens is 282 g/mol. The summed E-state index contributed by atoms with van der Waals surface area (Å²) in [5.74, 6) is 1.39. The minimum absolute atomic E-state index is 0.331. The summed E-state index contributed by atoms with van der Waals surface area (Å²) >= 11 is 0. The summed E-state index contributed by atoms with van der Waals surface area (Å²) in [6, 6.07) is 23.5. The zero-order valence-electron chi connectivity index (χ0n) is 13.6. The van der Waals surface area contributed by atoms with Crippen molar-refractivity contribution in [3.63, 3.8) is 0 Å². The first-order valence-corrected chi connectivity index (χ1v) is 8.28. The van der Waals surface area contributed by atoms with Crippen LogP contribution in [0.3, 0.4) is 0 Å². The van der Waals surface area contributed by atoms with E-state index in [0.29, 0.717) is 5.92 Å². The lowest BCUT2D eigenvalue weighted by molar-refractivity contribution is -0.671. The van der Waals surface area contributed by atoms with E-state index in [9.17, 15) is 0 Å². The molecule has 0 aliphatic heterocycles. The Balaban J connectivity index is 1.62. The highest BCUT2D eigenvalue weighted by Crippen LogP contribution is 2.27. The second-order valence-corrected chi connectivity index (χ2v) is 6.03. The summed E-state index contributed by atoms with van der Waals surface area (Å²) in [5.41, 5.74) is 4.00. The molecule has 2 nitrogen and oxygen atoms in total. The summed E-state index contributed by atoms with van der Waals surface area (Å²) in [6.07, 6.45) is 2.84. The summed E-state index contributed by atoms with van der Waals surface area (Å²) in [7, 11) is 0. The second kappa shape index (κ2) is 7.80. The van der Waals surface area contributed by atoms with E-state index in [4.69, 9.17) is 4.42 Å². The Morgan fingerprint density at radius 2 is 1.70 bits per heavy atom. The lowest BCUT2D eigenvalue weighted by atomic mass is 9.92. The molecular formula is C21H24NO+. The van der Waals surface area contributed by atoms with Gasteiger partial charge in [-0.1, -0.05) is 60.2 Å². The number of hydrogen-bond donors (Lipinski definition) is 1. The molecule has 3 rings (SSSR count). The standard InChI is InChI=1S/C21H23NO/c1-17-9-11-19(12-10-17)20(21-8-5-15-23-21)13-14-22-16-18-6-3-2-4-7-18/h2-12,15,20,22H,13-14,16H2,1H3/p+1/t20-/m0/s1. The zero-order valence-corrected chi connectivity index (χ0v) is 13.6. The van der Waals surface area contributed by atoms with Gasteiger partial charge in [-0.2, -0.15) is 0 Å². The predicted molar refractivity (Wildman–Crippen MR) is 93.3 cm³/mol. The SMILES string of the molecule is Cc1ccc([C@H](CC[NH2+]Cc2ccccc2)c2ccco2)cc1. The number of rotatable bonds is 7. The molecule has 1 heterocycles. The van der Waals surface area contributed by atoms with Gasteiger partial charge in [-0.05, 0) is 24.6 Å². The van der Waals surface area contributed by atoms with Gasteiger partial charge in [0.25, 0.3) is 0 Å². The third-order valence-electron chi connectivity index (χ3n) is 4.25. The third kappa shape index (κ3) is 4.33. The van der Waals surface area contributed by atoms with Crippen molar-refractivity contribution in [2.75, 3.05) is 6.54 Å². The van der Waals surface area contributed by atoms with Crippen molar-refractivity contribution in [1.29, 1.82) is 0 Å². The van der Waals surface area contributed by atoms with Gasteiger partial charge >= 0.3 is 0 Å². The fraction of sp³-hybridized carbons (Fsp3) is 0.238. The van der Waals surface area contributed by atoms with Crippen molar-refractivity contribution in [3.8, 4) is 0 Å². The van der Waals surface area contributed by atoms with E-state index in [-0.39, 0.29) is 0 Å². The number of furan rings is 1. The normalized spacial score (nSPS) is 12.2. The van der Waals surface area contributed by atoms with Crippen LogP contribution in [0.1, 0.15) is 34.8 Å². The van der Waals surface area contributed by atoms with Crippen LogP contribution in [0.2, 0.25) is 0 Å². The first kappa shape index (κ1) is 15.6. The molecule has 23 heavy (non-hydrogen) atoms. The van der Waals surface area contributed by atoms with Gasteiger partial charge in [0.15, 0.2) is 0 Å². The van der Waals surface area contributed by atoms with Crippen LogP contribution in [0, 0.1) is 6.92 Å². The Hall–Kier alpha value is -2.32. The van der Waals surface area contributed by atoms with Crippen LogP contribution in [-0.2, 0) is 6.54 Å². The Morgan fingerprint density at radius 1 is 0.913 bits per heavy atom. The number of hydrogen-bond acceptors (Lipinski definition) is 1. The molecule has 2 aromatic carbocycles. The molecule has 0 unspecified atom stereocenters. The van der Waals surface area contributed by atoms with Crippen LogP contribution in [0.5, 0.6) is 0 Å². The first-order chi connectivity index (χ1) is 11.3. The Bertz CT molecular complexity index is 686. The van der Waals surface area contributed by atoms with Crippen molar-refractivity contribution >= 4 is 0 Å². The first-order valence-electron chi connectivity index (χ1n) is 8.28. The Kier molecular flexibility index (Phi) is 5.28. The number of benzene rings is 2. The summed E-state index contributed by atoms with van der Waals surface area (Å²) < 4.78 is 5.68. The highest BCUT2D eigenvalue weighted by molar-refractivity contribution is 5.29. The second-order valence-electron chi connectivity index (χ2n) is 6.03. The van der Waals surface area contributed by atoms with Gasteiger partial charge in [0.05, 0.1) is 12.8 Å². The Morgan fingerprint density at radius 3 is 2.39 bits per heavy atom. The molecule has 0 aliphatic rings. The molecule has 0 aliphatic carbocycles. The molecule has 1 atom stereocenters. The maximum Gasteiger partial charge on any atom is 0.111 e. The summed E-state index contributed by atoms with van der Waals surface area (Å²) in [4.78, 5) is 0. The predicted octanol–water partition coefficient (Wildman–Crippen LogP) is 3.87. The quantitative estimate of drug-likeness (QED) is 0.660. The maximum absolute atomic E-state index is 5.68. The van der Waals surface area contributed by atoms with Crippen LogP contribution in [0.25, 0.3) is 0 Å². The van der Waals surface area contributed by atoms with Gasteiger partial charge in [-0.25, -0.2) is 0 Å². The van der Waals surface area contributed by atoms with E-state index < -0.39 is 0 Å². The highest BCUT2D eigenvalue weighted by Gasteiger charge is 2.17. The van der Waals surface area contributed by atoms with E-state index in [1.807, 2.05) is 6.07 Å². The van der Waals surface area contributed by atoms with Crippen molar-refractivity contribution in [1.82, 2.24) is 0 Å². The van der Waals surface area contributed by atoms with Crippen LogP contribution in [-0.4, -0.2) is 6.54 Å². The maximum atomic E-state index is 5.68. The zero-order chi connectivity index (χ0) is 15.9. The average molecular weight is 306 g/mol. The van der Waals surface area contributed by atoms with Crippen molar-refractivity contribution in [3.05, 3.63) is 95.4 Å². The summed E-state index contributed by atoms with van der Waals surface area (Å²) in [5, 5.41) is 2.37. The van der Waals surface area contributed by atoms with Gasteiger partial charge in [-0.3, -0.25) is 0 Å². The molecule has 0 amide bonds. The third-order valence-corrected chi connectivity index (χ3v) is 4.25. The van der Waals surface area contributed by atoms with E-state index in [2.05, 4.69) is 72.9 Å². The van der Waals surface area contributed by atoms with Crippen LogP contribution < -0.4 is 5.32 Å². The fourth-order valence-electron chi connectivity index (χ4n) is 2.93. The van der Waals surface area contributed by atoms with Crippen molar-refractivity contribution in [2.24, 2.45) is 0 Å². The van der Waals surface area contributed by atoms with E-state index in [1.165, 1.54) is 16.7 Å². The molecule has 0 saturated carbocycles. The average Bonchev–Trinajstić information content (AvgIpc) is 3.11. The number of aryl methyl sites for hydroxylation is 1. The molecule has 2 heteroatoms. The lowest BCUT2D eigenvalue weighted by Crippen LogP contribution is -2.82. The molecule has 0 saturated heterocycles. The molecule has 3 aromatic rings. The van der Waals surface area contributed by atoms with E-state index >= 15 is 0 Å². The molecule has 1 aromatic heterocycles. The minimum Gasteiger partial charge on any atom is -0.469 e. The van der Waals surface area contributed by atoms with Crippen molar-refractivity contribution < 1.29 is 9.73 Å². The lowest BCUT2D eigenvalue weighted by Gasteiger charge is -2.15. The Labute approximate surface area is 138 Å². The molecule has 0 fully saturated rings. The molecule has 0 bridgehead atoms. The minimum atomic E-state index is 0.331. The van der Waals surface area contributed by atoms with E-state index in [0.717, 1.165) is 25.3 Å². The highest BCUT2D eigenvalue weighted by atomic mass is 16.3. The summed E-state index contributed by atoms with van der Waals surface area (Å²) in [6.45, 7) is 4.23. The van der Waals surface area contributed by atoms with Crippen molar-refractivity contribution in [2.45, 2.75) is 25.8 Å². The monoisotopic (exact) mass is 306 g/mol. The molecule has 0 spiro atoms. The van der Waals surface area contributed by atoms with Gasteiger partial charge < -0.3 is 9.73 Å². The van der Waals surface area contributed by atoms with Crippen LogP contribution in [0.15, 0.2) is 77.4 Å². The van der Waals surface area contributed by atoms with Gasteiger partial charge in [0.2, 0.25) is 0 Å². The number of nitrogens with two attached hydrogens (primary N) is 1. The smallest absolute Gasteiger partial charge is 0.111 e. The van der Waals surface area contributed by atoms with Gasteiger partial charge in [0.1, 0.15) is 12.3 Å². The van der Waals surface area contributed by atoms with Crippen LogP contribution >= 0.6 is 0 Å². The largest absolute Gasteiger partial charge is 0.469 e. The fourth-order valence-corrected chi connectivity index (χ4v) is 2.93. The van der Waals surface area contributed by atoms with Gasteiger partial charge in [0, 0.05) is 17.9 Å². The number of quaternary nitrogens is 1.